The van der Waals surface area contributed by atoms with Gasteiger partial charge in [-0.3, -0.25) is 4.90 Å². The number of likely N-dealkylation sites (tertiary alicyclic amines) is 1. The molecule has 0 aromatic heterocycles. The van der Waals surface area contributed by atoms with Gasteiger partial charge in [0.25, 0.3) is 0 Å². The summed E-state index contributed by atoms with van der Waals surface area (Å²) < 4.78 is 5.35. The Kier molecular flexibility index (Phi) is 5.06. The van der Waals surface area contributed by atoms with E-state index < -0.39 is 0 Å². The lowest BCUT2D eigenvalue weighted by molar-refractivity contribution is 0.145. The van der Waals surface area contributed by atoms with Gasteiger partial charge in [-0.15, -0.1) is 0 Å². The molecule has 0 saturated carbocycles. The molecule has 1 fully saturated rings. The van der Waals surface area contributed by atoms with Crippen molar-refractivity contribution in [1.29, 1.82) is 0 Å². The van der Waals surface area contributed by atoms with Gasteiger partial charge < -0.3 is 10.5 Å². The fourth-order valence-electron chi connectivity index (χ4n) is 3.34. The Bertz CT molecular complexity index is 425. The number of rotatable bonds is 6. The lowest BCUT2D eigenvalue weighted by atomic mass is 9.82. The van der Waals surface area contributed by atoms with Gasteiger partial charge in [0.2, 0.25) is 0 Å². The number of nitrogens with two attached hydrogens (primary N) is 1. The van der Waals surface area contributed by atoms with Crippen molar-refractivity contribution in [1.82, 2.24) is 4.90 Å². The second kappa shape index (κ2) is 6.59. The van der Waals surface area contributed by atoms with Crippen molar-refractivity contribution >= 4 is 0 Å². The molecule has 1 aliphatic heterocycles. The van der Waals surface area contributed by atoms with E-state index in [0.29, 0.717) is 6.04 Å². The van der Waals surface area contributed by atoms with E-state index in [-0.39, 0.29) is 5.54 Å². The fraction of sp³-hybridized carbons (Fsp3) is 0.647. The van der Waals surface area contributed by atoms with E-state index >= 15 is 0 Å². The molecule has 0 spiro atoms. The summed E-state index contributed by atoms with van der Waals surface area (Å²) in [6.45, 7) is 6.77. The summed E-state index contributed by atoms with van der Waals surface area (Å²) in [6.07, 6.45) is 4.91. The Labute approximate surface area is 123 Å². The van der Waals surface area contributed by atoms with E-state index in [4.69, 9.17) is 10.5 Å². The summed E-state index contributed by atoms with van der Waals surface area (Å²) in [5.74, 6) is 0.885. The van der Waals surface area contributed by atoms with Gasteiger partial charge in [-0.05, 0) is 57.0 Å². The second-order valence-electron chi connectivity index (χ2n) is 6.06. The van der Waals surface area contributed by atoms with Gasteiger partial charge in [-0.25, -0.2) is 0 Å². The monoisotopic (exact) mass is 276 g/mol. The second-order valence-corrected chi connectivity index (χ2v) is 6.06. The summed E-state index contributed by atoms with van der Waals surface area (Å²) in [4.78, 5) is 2.57. The Morgan fingerprint density at radius 1 is 1.35 bits per heavy atom. The molecule has 1 saturated heterocycles. The van der Waals surface area contributed by atoms with Crippen LogP contribution in [0.2, 0.25) is 0 Å². The van der Waals surface area contributed by atoms with Crippen molar-refractivity contribution in [2.24, 2.45) is 5.73 Å². The van der Waals surface area contributed by atoms with Crippen LogP contribution < -0.4 is 10.5 Å². The number of hydrogen-bond acceptors (Lipinski definition) is 3. The highest BCUT2D eigenvalue weighted by Crippen LogP contribution is 2.32. The third kappa shape index (κ3) is 3.15. The predicted octanol–water partition coefficient (Wildman–Crippen LogP) is 3.13. The van der Waals surface area contributed by atoms with Gasteiger partial charge in [0, 0.05) is 6.04 Å². The van der Waals surface area contributed by atoms with E-state index in [9.17, 15) is 0 Å². The van der Waals surface area contributed by atoms with E-state index in [1.807, 2.05) is 12.1 Å². The fourth-order valence-corrected chi connectivity index (χ4v) is 3.34. The van der Waals surface area contributed by atoms with Crippen LogP contribution in [0.4, 0.5) is 0 Å². The van der Waals surface area contributed by atoms with E-state index in [1.165, 1.54) is 31.5 Å². The number of benzene rings is 1. The zero-order valence-corrected chi connectivity index (χ0v) is 13.1. The molecule has 3 nitrogen and oxygen atoms in total. The van der Waals surface area contributed by atoms with E-state index in [1.54, 1.807) is 7.11 Å². The minimum absolute atomic E-state index is 0.338. The van der Waals surface area contributed by atoms with Crippen LogP contribution in [0.3, 0.4) is 0 Å². The van der Waals surface area contributed by atoms with Crippen molar-refractivity contribution in [3.8, 4) is 5.75 Å². The van der Waals surface area contributed by atoms with Crippen molar-refractivity contribution < 1.29 is 4.74 Å². The third-order valence-corrected chi connectivity index (χ3v) is 4.53. The summed E-state index contributed by atoms with van der Waals surface area (Å²) in [5.41, 5.74) is 7.60. The van der Waals surface area contributed by atoms with Crippen molar-refractivity contribution in [3.05, 3.63) is 29.8 Å². The Morgan fingerprint density at radius 2 is 2.05 bits per heavy atom. The average Bonchev–Trinajstić information content (AvgIpc) is 2.98. The van der Waals surface area contributed by atoms with Crippen LogP contribution in [-0.2, 0) is 5.54 Å². The lowest BCUT2D eigenvalue weighted by Gasteiger charge is -2.40. The van der Waals surface area contributed by atoms with E-state index in [2.05, 4.69) is 30.9 Å². The zero-order chi connectivity index (χ0) is 14.6. The molecule has 0 amide bonds. The molecular formula is C17H28N2O. The van der Waals surface area contributed by atoms with Crippen LogP contribution in [0.25, 0.3) is 0 Å². The van der Waals surface area contributed by atoms with Gasteiger partial charge in [0.05, 0.1) is 12.6 Å². The van der Waals surface area contributed by atoms with Crippen molar-refractivity contribution in [2.75, 3.05) is 20.2 Å². The van der Waals surface area contributed by atoms with Gasteiger partial charge in [-0.1, -0.05) is 25.5 Å². The van der Waals surface area contributed by atoms with Gasteiger partial charge >= 0.3 is 0 Å². The molecule has 112 valence electrons. The molecule has 0 bridgehead atoms. The molecule has 2 atom stereocenters. The number of hydrogen-bond donors (Lipinski definition) is 1. The predicted molar refractivity (Wildman–Crippen MR) is 84.0 cm³/mol. The maximum absolute atomic E-state index is 6.77. The first-order valence-corrected chi connectivity index (χ1v) is 7.77. The Hall–Kier alpha value is -1.06. The standard InChI is InChI=1S/C17H28N2O/c1-4-8-16(19-11-5-6-12-19)17(2,18)14-9-7-10-15(13-14)20-3/h7,9-10,13,16H,4-6,8,11-12,18H2,1-3H3. The van der Waals surface area contributed by atoms with Crippen LogP contribution in [0, 0.1) is 0 Å². The lowest BCUT2D eigenvalue weighted by Crippen LogP contribution is -2.53. The quantitative estimate of drug-likeness (QED) is 0.867. The molecule has 0 radical (unpaired) electrons. The van der Waals surface area contributed by atoms with Gasteiger partial charge in [0.15, 0.2) is 0 Å². The summed E-state index contributed by atoms with van der Waals surface area (Å²) in [7, 11) is 1.71. The first-order chi connectivity index (χ1) is 9.59. The zero-order valence-electron chi connectivity index (χ0n) is 13.1. The van der Waals surface area contributed by atoms with E-state index in [0.717, 1.165) is 18.6 Å². The Morgan fingerprint density at radius 3 is 2.65 bits per heavy atom. The highest BCUT2D eigenvalue weighted by Gasteiger charge is 2.36. The minimum Gasteiger partial charge on any atom is -0.497 e. The highest BCUT2D eigenvalue weighted by molar-refractivity contribution is 5.34. The van der Waals surface area contributed by atoms with Crippen LogP contribution in [0.15, 0.2) is 24.3 Å². The molecule has 1 aromatic rings. The van der Waals surface area contributed by atoms with Crippen LogP contribution in [-0.4, -0.2) is 31.1 Å². The normalized spacial score (nSPS) is 20.6. The molecule has 1 heterocycles. The minimum atomic E-state index is -0.338. The molecule has 0 aliphatic carbocycles. The van der Waals surface area contributed by atoms with Crippen molar-refractivity contribution in [3.63, 3.8) is 0 Å². The number of methoxy groups -OCH3 is 1. The van der Waals surface area contributed by atoms with Crippen LogP contribution in [0.5, 0.6) is 5.75 Å². The first kappa shape index (κ1) is 15.3. The van der Waals surface area contributed by atoms with Crippen LogP contribution in [0.1, 0.15) is 45.1 Å². The highest BCUT2D eigenvalue weighted by atomic mass is 16.5. The first-order valence-electron chi connectivity index (χ1n) is 7.77. The molecule has 2 rings (SSSR count). The molecule has 20 heavy (non-hydrogen) atoms. The summed E-state index contributed by atoms with van der Waals surface area (Å²) in [6, 6.07) is 8.62. The topological polar surface area (TPSA) is 38.5 Å². The van der Waals surface area contributed by atoms with Gasteiger partial charge in [-0.2, -0.15) is 0 Å². The van der Waals surface area contributed by atoms with Crippen LogP contribution >= 0.6 is 0 Å². The maximum atomic E-state index is 6.77. The molecule has 1 aromatic carbocycles. The molecule has 2 unspecified atom stereocenters. The number of nitrogens with zero attached hydrogens (tertiary/aromatic N) is 1. The van der Waals surface area contributed by atoms with Crippen molar-refractivity contribution in [2.45, 2.75) is 51.1 Å². The largest absolute Gasteiger partial charge is 0.497 e. The molecule has 3 heteroatoms. The maximum Gasteiger partial charge on any atom is 0.119 e. The molecule has 1 aliphatic rings. The summed E-state index contributed by atoms with van der Waals surface area (Å²) >= 11 is 0. The SMILES string of the molecule is CCCC(N1CCCC1)C(C)(N)c1cccc(OC)c1. The summed E-state index contributed by atoms with van der Waals surface area (Å²) in [5, 5.41) is 0. The molecular weight excluding hydrogens is 248 g/mol. The number of ether oxygens (including phenoxy) is 1. The third-order valence-electron chi connectivity index (χ3n) is 4.53. The molecule has 2 N–H and O–H groups in total. The Balaban J connectivity index is 2.27. The van der Waals surface area contributed by atoms with Gasteiger partial charge in [0.1, 0.15) is 5.75 Å². The smallest absolute Gasteiger partial charge is 0.119 e. The average molecular weight is 276 g/mol.